The molecule has 2 rings (SSSR count). The molecule has 0 aliphatic rings. The molecule has 2 aromatic carbocycles. The highest BCUT2D eigenvalue weighted by Gasteiger charge is 2.07. The summed E-state index contributed by atoms with van der Waals surface area (Å²) in [5, 5.41) is 2.89. The van der Waals surface area contributed by atoms with Gasteiger partial charge in [-0.3, -0.25) is 9.59 Å². The Kier molecular flexibility index (Phi) is 5.52. The third kappa shape index (κ3) is 4.68. The SMILES string of the molecule is CCc1ccc(NC(=O)Cc2ccc(N(C)C(C)=O)cc2)cc1. The molecule has 0 aliphatic heterocycles. The van der Waals surface area contributed by atoms with Gasteiger partial charge in [-0.05, 0) is 41.8 Å². The van der Waals surface area contributed by atoms with Gasteiger partial charge in [-0.2, -0.15) is 0 Å². The van der Waals surface area contributed by atoms with Crippen molar-refractivity contribution in [2.45, 2.75) is 26.7 Å². The van der Waals surface area contributed by atoms with E-state index in [1.165, 1.54) is 12.5 Å². The van der Waals surface area contributed by atoms with E-state index < -0.39 is 0 Å². The number of benzene rings is 2. The minimum atomic E-state index is -0.0538. The highest BCUT2D eigenvalue weighted by Crippen LogP contribution is 2.15. The van der Waals surface area contributed by atoms with Crippen molar-refractivity contribution in [1.82, 2.24) is 0 Å². The van der Waals surface area contributed by atoms with Crippen LogP contribution in [0.5, 0.6) is 0 Å². The molecular formula is C19H22N2O2. The number of hydrogen-bond acceptors (Lipinski definition) is 2. The number of nitrogens with zero attached hydrogens (tertiary/aromatic N) is 1. The van der Waals surface area contributed by atoms with Crippen LogP contribution in [-0.2, 0) is 22.4 Å². The summed E-state index contributed by atoms with van der Waals surface area (Å²) in [5.41, 5.74) is 3.78. The first-order valence-corrected chi connectivity index (χ1v) is 7.71. The zero-order valence-corrected chi connectivity index (χ0v) is 13.8. The number of aryl methyl sites for hydroxylation is 1. The Hall–Kier alpha value is -2.62. The average Bonchev–Trinajstić information content (AvgIpc) is 2.55. The van der Waals surface area contributed by atoms with Gasteiger partial charge in [0, 0.05) is 25.3 Å². The molecule has 0 spiro atoms. The topological polar surface area (TPSA) is 49.4 Å². The van der Waals surface area contributed by atoms with Gasteiger partial charge >= 0.3 is 0 Å². The van der Waals surface area contributed by atoms with Crippen molar-refractivity contribution in [2.75, 3.05) is 17.3 Å². The highest BCUT2D eigenvalue weighted by atomic mass is 16.2. The fraction of sp³-hybridized carbons (Fsp3) is 0.263. The molecule has 2 aromatic rings. The first kappa shape index (κ1) is 16.7. The number of nitrogens with one attached hydrogen (secondary N) is 1. The van der Waals surface area contributed by atoms with Crippen LogP contribution >= 0.6 is 0 Å². The molecule has 2 amide bonds. The second kappa shape index (κ2) is 7.58. The van der Waals surface area contributed by atoms with Crippen LogP contribution in [0, 0.1) is 0 Å². The molecular weight excluding hydrogens is 288 g/mol. The largest absolute Gasteiger partial charge is 0.326 e. The molecule has 0 heterocycles. The zero-order valence-electron chi connectivity index (χ0n) is 13.8. The maximum absolute atomic E-state index is 12.1. The summed E-state index contributed by atoms with van der Waals surface area (Å²) < 4.78 is 0. The van der Waals surface area contributed by atoms with Gasteiger partial charge in [-0.15, -0.1) is 0 Å². The molecule has 0 unspecified atom stereocenters. The van der Waals surface area contributed by atoms with Gasteiger partial charge in [-0.25, -0.2) is 0 Å². The highest BCUT2D eigenvalue weighted by molar-refractivity contribution is 5.93. The van der Waals surface area contributed by atoms with E-state index in [9.17, 15) is 9.59 Å². The summed E-state index contributed by atoms with van der Waals surface area (Å²) in [5.74, 6) is -0.0760. The van der Waals surface area contributed by atoms with Crippen LogP contribution in [0.4, 0.5) is 11.4 Å². The van der Waals surface area contributed by atoms with Crippen molar-refractivity contribution >= 4 is 23.2 Å². The van der Waals surface area contributed by atoms with Crippen LogP contribution in [0.3, 0.4) is 0 Å². The maximum atomic E-state index is 12.1. The van der Waals surface area contributed by atoms with E-state index in [0.29, 0.717) is 6.42 Å². The first-order chi connectivity index (χ1) is 11.0. The Balaban J connectivity index is 1.95. The van der Waals surface area contributed by atoms with Gasteiger partial charge in [0.1, 0.15) is 0 Å². The molecule has 0 radical (unpaired) electrons. The van der Waals surface area contributed by atoms with Crippen molar-refractivity contribution < 1.29 is 9.59 Å². The number of hydrogen-bond donors (Lipinski definition) is 1. The summed E-state index contributed by atoms with van der Waals surface area (Å²) in [4.78, 5) is 25.0. The standard InChI is InChI=1S/C19H22N2O2/c1-4-15-5-9-17(10-6-15)20-19(23)13-16-7-11-18(12-8-16)21(3)14(2)22/h5-12H,4,13H2,1-3H3,(H,20,23). The monoisotopic (exact) mass is 310 g/mol. The van der Waals surface area contributed by atoms with Crippen molar-refractivity contribution in [3.05, 3.63) is 59.7 Å². The lowest BCUT2D eigenvalue weighted by molar-refractivity contribution is -0.116. The maximum Gasteiger partial charge on any atom is 0.228 e. The van der Waals surface area contributed by atoms with Crippen molar-refractivity contribution in [1.29, 1.82) is 0 Å². The van der Waals surface area contributed by atoms with Crippen molar-refractivity contribution in [3.63, 3.8) is 0 Å². The van der Waals surface area contributed by atoms with E-state index in [4.69, 9.17) is 0 Å². The van der Waals surface area contributed by atoms with Crippen LogP contribution in [0.25, 0.3) is 0 Å². The summed E-state index contributed by atoms with van der Waals surface area (Å²) in [7, 11) is 1.73. The first-order valence-electron chi connectivity index (χ1n) is 7.71. The third-order valence-electron chi connectivity index (χ3n) is 3.81. The van der Waals surface area contributed by atoms with Gasteiger partial charge in [0.05, 0.1) is 6.42 Å². The summed E-state index contributed by atoms with van der Waals surface area (Å²) in [6.45, 7) is 3.62. The molecule has 0 bridgehead atoms. The molecule has 120 valence electrons. The lowest BCUT2D eigenvalue weighted by Crippen LogP contribution is -2.22. The fourth-order valence-electron chi connectivity index (χ4n) is 2.23. The molecule has 4 nitrogen and oxygen atoms in total. The van der Waals surface area contributed by atoms with Crippen molar-refractivity contribution in [2.24, 2.45) is 0 Å². The number of anilines is 2. The molecule has 1 N–H and O–H groups in total. The number of carbonyl (C=O) groups excluding carboxylic acids is 2. The van der Waals surface area contributed by atoms with E-state index in [1.54, 1.807) is 11.9 Å². The average molecular weight is 310 g/mol. The normalized spacial score (nSPS) is 10.2. The number of amides is 2. The van der Waals surface area contributed by atoms with Crippen LogP contribution in [0.2, 0.25) is 0 Å². The van der Waals surface area contributed by atoms with Crippen LogP contribution < -0.4 is 10.2 Å². The molecule has 0 saturated carbocycles. The van der Waals surface area contributed by atoms with E-state index >= 15 is 0 Å². The molecule has 23 heavy (non-hydrogen) atoms. The van der Waals surface area contributed by atoms with Crippen LogP contribution in [0.1, 0.15) is 25.0 Å². The Labute approximate surface area is 137 Å². The molecule has 0 fully saturated rings. The van der Waals surface area contributed by atoms with E-state index in [-0.39, 0.29) is 11.8 Å². The molecule has 4 heteroatoms. The Morgan fingerprint density at radius 3 is 2.04 bits per heavy atom. The Bertz CT molecular complexity index is 676. The Morgan fingerprint density at radius 2 is 1.52 bits per heavy atom. The van der Waals surface area contributed by atoms with Gasteiger partial charge in [0.15, 0.2) is 0 Å². The molecule has 0 saturated heterocycles. The minimum Gasteiger partial charge on any atom is -0.326 e. The molecule has 0 aromatic heterocycles. The van der Waals surface area contributed by atoms with E-state index in [0.717, 1.165) is 23.4 Å². The second-order valence-corrected chi connectivity index (χ2v) is 5.52. The number of carbonyl (C=O) groups is 2. The smallest absolute Gasteiger partial charge is 0.228 e. The predicted molar refractivity (Wildman–Crippen MR) is 93.7 cm³/mol. The number of rotatable bonds is 5. The summed E-state index contributed by atoms with van der Waals surface area (Å²) in [6, 6.07) is 15.3. The molecule has 0 atom stereocenters. The van der Waals surface area contributed by atoms with Gasteiger partial charge in [0.25, 0.3) is 0 Å². The van der Waals surface area contributed by atoms with Gasteiger partial charge in [-0.1, -0.05) is 31.2 Å². The molecule has 0 aliphatic carbocycles. The minimum absolute atomic E-state index is 0.0222. The fourth-order valence-corrected chi connectivity index (χ4v) is 2.23. The summed E-state index contributed by atoms with van der Waals surface area (Å²) in [6.07, 6.45) is 1.29. The van der Waals surface area contributed by atoms with Gasteiger partial charge in [0.2, 0.25) is 11.8 Å². The van der Waals surface area contributed by atoms with Crippen LogP contribution in [0.15, 0.2) is 48.5 Å². The third-order valence-corrected chi connectivity index (χ3v) is 3.81. The van der Waals surface area contributed by atoms with Crippen LogP contribution in [-0.4, -0.2) is 18.9 Å². The lowest BCUT2D eigenvalue weighted by Gasteiger charge is -2.15. The predicted octanol–water partition coefficient (Wildman–Crippen LogP) is 3.41. The lowest BCUT2D eigenvalue weighted by atomic mass is 10.1. The summed E-state index contributed by atoms with van der Waals surface area (Å²) >= 11 is 0. The van der Waals surface area contributed by atoms with Gasteiger partial charge < -0.3 is 10.2 Å². The van der Waals surface area contributed by atoms with E-state index in [1.807, 2.05) is 48.5 Å². The quantitative estimate of drug-likeness (QED) is 0.920. The zero-order chi connectivity index (χ0) is 16.8. The van der Waals surface area contributed by atoms with Crippen molar-refractivity contribution in [3.8, 4) is 0 Å². The Morgan fingerprint density at radius 1 is 0.957 bits per heavy atom. The van der Waals surface area contributed by atoms with E-state index in [2.05, 4.69) is 12.2 Å². The second-order valence-electron chi connectivity index (χ2n) is 5.52.